The zero-order valence-electron chi connectivity index (χ0n) is 11.7. The van der Waals surface area contributed by atoms with Crippen LogP contribution in [0.1, 0.15) is 18.1 Å². The van der Waals surface area contributed by atoms with Crippen LogP contribution in [-0.4, -0.2) is 37.7 Å². The quantitative estimate of drug-likeness (QED) is 0.755. The Hall–Kier alpha value is -1.38. The Kier molecular flexibility index (Phi) is 5.86. The zero-order valence-corrected chi connectivity index (χ0v) is 11.7. The third-order valence-corrected chi connectivity index (χ3v) is 3.39. The molecule has 2 aliphatic rings. The SMILES string of the molecule is C/C=C/CN1CCOCC1.C1=Cc2ccccc2C1. The van der Waals surface area contributed by atoms with Crippen LogP contribution in [0.5, 0.6) is 0 Å². The van der Waals surface area contributed by atoms with E-state index >= 15 is 0 Å². The summed E-state index contributed by atoms with van der Waals surface area (Å²) in [6, 6.07) is 8.49. The van der Waals surface area contributed by atoms with Crippen molar-refractivity contribution in [2.75, 3.05) is 32.8 Å². The molecule has 0 amide bonds. The molecule has 0 spiro atoms. The maximum absolute atomic E-state index is 5.21. The van der Waals surface area contributed by atoms with Crippen LogP contribution in [0.25, 0.3) is 6.08 Å². The third-order valence-electron chi connectivity index (χ3n) is 3.39. The van der Waals surface area contributed by atoms with Crippen molar-refractivity contribution in [2.45, 2.75) is 13.3 Å². The first-order valence-corrected chi connectivity index (χ1v) is 7.06. The van der Waals surface area contributed by atoms with Crippen LogP contribution in [0.2, 0.25) is 0 Å². The normalized spacial score (nSPS) is 18.2. The van der Waals surface area contributed by atoms with Crippen molar-refractivity contribution in [3.8, 4) is 0 Å². The van der Waals surface area contributed by atoms with Gasteiger partial charge >= 0.3 is 0 Å². The Balaban J connectivity index is 0.000000141. The lowest BCUT2D eigenvalue weighted by atomic mass is 10.1. The number of morpholine rings is 1. The van der Waals surface area contributed by atoms with Crippen molar-refractivity contribution < 1.29 is 4.74 Å². The van der Waals surface area contributed by atoms with Crippen LogP contribution in [-0.2, 0) is 11.2 Å². The number of hydrogen-bond donors (Lipinski definition) is 0. The molecule has 0 radical (unpaired) electrons. The second kappa shape index (κ2) is 7.93. The maximum atomic E-state index is 5.21. The highest BCUT2D eigenvalue weighted by Gasteiger charge is 2.06. The van der Waals surface area contributed by atoms with E-state index in [0.717, 1.165) is 39.3 Å². The van der Waals surface area contributed by atoms with Crippen LogP contribution >= 0.6 is 0 Å². The van der Waals surface area contributed by atoms with Gasteiger partial charge < -0.3 is 4.74 Å². The van der Waals surface area contributed by atoms with Crippen LogP contribution in [0.3, 0.4) is 0 Å². The number of fused-ring (bicyclic) bond motifs is 1. The van der Waals surface area contributed by atoms with Crippen molar-refractivity contribution in [1.82, 2.24) is 4.90 Å². The molecule has 0 N–H and O–H groups in total. The second-order valence-corrected chi connectivity index (χ2v) is 4.79. The Bertz CT molecular complexity index is 431. The maximum Gasteiger partial charge on any atom is 0.0594 e. The summed E-state index contributed by atoms with van der Waals surface area (Å²) in [5, 5.41) is 0. The Morgan fingerprint density at radius 1 is 1.21 bits per heavy atom. The number of nitrogens with zero attached hydrogens (tertiary/aromatic N) is 1. The minimum Gasteiger partial charge on any atom is -0.379 e. The minimum absolute atomic E-state index is 0.900. The van der Waals surface area contributed by atoms with E-state index in [1.165, 1.54) is 11.1 Å². The van der Waals surface area contributed by atoms with Gasteiger partial charge in [0.25, 0.3) is 0 Å². The first-order chi connectivity index (χ1) is 9.40. The highest BCUT2D eigenvalue weighted by atomic mass is 16.5. The van der Waals surface area contributed by atoms with E-state index in [1.54, 1.807) is 0 Å². The zero-order chi connectivity index (χ0) is 13.3. The standard InChI is InChI=1S/C9H8.C8H15NO/c1-2-5-9-7-3-6-8(9)4-1;1-2-3-4-9-5-7-10-8-6-9/h1-6H,7H2;2-3H,4-8H2,1H3/b;3-2+. The average Bonchev–Trinajstić information content (AvgIpc) is 2.95. The molecule has 0 atom stereocenters. The highest BCUT2D eigenvalue weighted by Crippen LogP contribution is 2.17. The molecule has 0 bridgehead atoms. The number of benzene rings is 1. The molecule has 0 unspecified atom stereocenters. The number of allylic oxidation sites excluding steroid dienone is 2. The number of ether oxygens (including phenoxy) is 1. The molecule has 102 valence electrons. The van der Waals surface area contributed by atoms with Gasteiger partial charge in [-0.2, -0.15) is 0 Å². The largest absolute Gasteiger partial charge is 0.379 e. The van der Waals surface area contributed by atoms with E-state index in [9.17, 15) is 0 Å². The summed E-state index contributed by atoms with van der Waals surface area (Å²) in [4.78, 5) is 2.39. The lowest BCUT2D eigenvalue weighted by molar-refractivity contribution is 0.0434. The van der Waals surface area contributed by atoms with E-state index < -0.39 is 0 Å². The molecule has 1 aromatic carbocycles. The van der Waals surface area contributed by atoms with Crippen LogP contribution in [0, 0.1) is 0 Å². The molecule has 1 saturated heterocycles. The first kappa shape index (κ1) is 14.0. The van der Waals surface area contributed by atoms with Gasteiger partial charge in [0, 0.05) is 19.6 Å². The molecule has 3 rings (SSSR count). The molecule has 0 saturated carbocycles. The lowest BCUT2D eigenvalue weighted by Gasteiger charge is -2.24. The van der Waals surface area contributed by atoms with Crippen molar-refractivity contribution >= 4 is 6.08 Å². The van der Waals surface area contributed by atoms with Gasteiger partial charge in [0.15, 0.2) is 0 Å². The van der Waals surface area contributed by atoms with Gasteiger partial charge in [-0.25, -0.2) is 0 Å². The van der Waals surface area contributed by atoms with Gasteiger partial charge in [0.2, 0.25) is 0 Å². The Labute approximate surface area is 116 Å². The monoisotopic (exact) mass is 257 g/mol. The molecule has 1 aromatic rings. The molecule has 19 heavy (non-hydrogen) atoms. The fraction of sp³-hybridized carbons (Fsp3) is 0.412. The van der Waals surface area contributed by atoms with E-state index in [1.807, 2.05) is 0 Å². The Morgan fingerprint density at radius 3 is 2.74 bits per heavy atom. The van der Waals surface area contributed by atoms with Crippen LogP contribution in [0.4, 0.5) is 0 Å². The fourth-order valence-corrected chi connectivity index (χ4v) is 2.23. The van der Waals surface area contributed by atoms with Gasteiger partial charge in [0.1, 0.15) is 0 Å². The topological polar surface area (TPSA) is 12.5 Å². The predicted molar refractivity (Wildman–Crippen MR) is 81.3 cm³/mol. The van der Waals surface area contributed by atoms with Gasteiger partial charge in [-0.05, 0) is 24.5 Å². The van der Waals surface area contributed by atoms with Crippen molar-refractivity contribution in [3.63, 3.8) is 0 Å². The molecule has 1 heterocycles. The molecule has 1 aliphatic carbocycles. The van der Waals surface area contributed by atoms with E-state index in [4.69, 9.17) is 4.74 Å². The summed E-state index contributed by atoms with van der Waals surface area (Å²) >= 11 is 0. The van der Waals surface area contributed by atoms with Gasteiger partial charge in [0.05, 0.1) is 13.2 Å². The summed E-state index contributed by atoms with van der Waals surface area (Å²) < 4.78 is 5.21. The minimum atomic E-state index is 0.900. The second-order valence-electron chi connectivity index (χ2n) is 4.79. The number of rotatable bonds is 2. The lowest BCUT2D eigenvalue weighted by Crippen LogP contribution is -2.36. The average molecular weight is 257 g/mol. The summed E-state index contributed by atoms with van der Waals surface area (Å²) in [5.41, 5.74) is 2.84. The van der Waals surface area contributed by atoms with Crippen molar-refractivity contribution in [2.24, 2.45) is 0 Å². The highest BCUT2D eigenvalue weighted by molar-refractivity contribution is 5.59. The Morgan fingerprint density at radius 2 is 2.00 bits per heavy atom. The predicted octanol–water partition coefficient (Wildman–Crippen LogP) is 3.15. The summed E-state index contributed by atoms with van der Waals surface area (Å²) in [7, 11) is 0. The van der Waals surface area contributed by atoms with E-state index in [-0.39, 0.29) is 0 Å². The van der Waals surface area contributed by atoms with Crippen LogP contribution < -0.4 is 0 Å². The molecular formula is C17H23NO. The summed E-state index contributed by atoms with van der Waals surface area (Å²) in [6.45, 7) is 7.12. The molecule has 0 aromatic heterocycles. The molecule has 1 fully saturated rings. The smallest absolute Gasteiger partial charge is 0.0594 e. The van der Waals surface area contributed by atoms with Gasteiger partial charge in [-0.3, -0.25) is 4.90 Å². The van der Waals surface area contributed by atoms with E-state index in [0.29, 0.717) is 0 Å². The third kappa shape index (κ3) is 4.66. The molecular weight excluding hydrogens is 234 g/mol. The van der Waals surface area contributed by atoms with E-state index in [2.05, 4.69) is 60.4 Å². The van der Waals surface area contributed by atoms with Crippen molar-refractivity contribution in [3.05, 3.63) is 53.6 Å². The van der Waals surface area contributed by atoms with Gasteiger partial charge in [-0.1, -0.05) is 48.6 Å². The number of hydrogen-bond acceptors (Lipinski definition) is 2. The first-order valence-electron chi connectivity index (χ1n) is 7.06. The molecule has 2 nitrogen and oxygen atoms in total. The molecule has 1 aliphatic heterocycles. The molecule has 2 heteroatoms. The van der Waals surface area contributed by atoms with Crippen molar-refractivity contribution in [1.29, 1.82) is 0 Å². The van der Waals surface area contributed by atoms with Gasteiger partial charge in [-0.15, -0.1) is 0 Å². The fourth-order valence-electron chi connectivity index (χ4n) is 2.23. The van der Waals surface area contributed by atoms with Crippen LogP contribution in [0.15, 0.2) is 42.5 Å². The summed E-state index contributed by atoms with van der Waals surface area (Å²) in [5.74, 6) is 0. The summed E-state index contributed by atoms with van der Waals surface area (Å²) in [6.07, 6.45) is 9.77.